The highest BCUT2D eigenvalue weighted by Gasteiger charge is 2.52. The Kier molecular flexibility index (Phi) is 3.05. The van der Waals surface area contributed by atoms with Crippen molar-refractivity contribution in [3.8, 4) is 6.19 Å². The number of nitrogens with zero attached hydrogens (tertiary/aromatic N) is 3. The lowest BCUT2D eigenvalue weighted by Crippen LogP contribution is -2.57. The normalized spacial score (nSPS) is 22.9. The quantitative estimate of drug-likeness (QED) is 0.615. The van der Waals surface area contributed by atoms with E-state index in [1.165, 1.54) is 0 Å². The zero-order valence-electron chi connectivity index (χ0n) is 10.3. The smallest absolute Gasteiger partial charge is 0.269 e. The highest BCUT2D eigenvalue weighted by Crippen LogP contribution is 2.34. The van der Waals surface area contributed by atoms with Gasteiger partial charge in [0.1, 0.15) is 0 Å². The van der Waals surface area contributed by atoms with Crippen LogP contribution >= 0.6 is 0 Å². The number of aliphatic imine (C=N–C) groups is 1. The van der Waals surface area contributed by atoms with Crippen molar-refractivity contribution in [1.82, 2.24) is 4.90 Å². The van der Waals surface area contributed by atoms with E-state index in [4.69, 9.17) is 11.0 Å². The molecule has 6 nitrogen and oxygen atoms in total. The molecule has 6 heteroatoms. The summed E-state index contributed by atoms with van der Waals surface area (Å²) in [6.45, 7) is 1.70. The average molecular weight is 256 g/mol. The van der Waals surface area contributed by atoms with Gasteiger partial charge in [-0.3, -0.25) is 9.59 Å². The number of guanidine groups is 1. The number of carbonyl (C=O) groups excluding carboxylic acids is 2. The highest BCUT2D eigenvalue weighted by molar-refractivity contribution is 6.22. The van der Waals surface area contributed by atoms with Gasteiger partial charge < -0.3 is 5.73 Å². The van der Waals surface area contributed by atoms with Gasteiger partial charge in [0.2, 0.25) is 5.96 Å². The van der Waals surface area contributed by atoms with E-state index < -0.39 is 17.2 Å². The Hall–Kier alpha value is -2.68. The SMILES string of the molecule is CC[C@]1(c2ccccc2)C(=O)N=C(N)N(C#N)C1=O. The summed E-state index contributed by atoms with van der Waals surface area (Å²) in [6.07, 6.45) is 1.87. The second-order valence-corrected chi connectivity index (χ2v) is 4.14. The number of rotatable bonds is 2. The molecule has 0 fully saturated rings. The Morgan fingerprint density at radius 2 is 2.00 bits per heavy atom. The van der Waals surface area contributed by atoms with Gasteiger partial charge in [-0.05, 0) is 12.0 Å². The third-order valence-corrected chi connectivity index (χ3v) is 3.28. The van der Waals surface area contributed by atoms with E-state index in [0.29, 0.717) is 10.5 Å². The number of hydrogen-bond acceptors (Lipinski definition) is 4. The van der Waals surface area contributed by atoms with Crippen LogP contribution < -0.4 is 5.73 Å². The molecular weight excluding hydrogens is 244 g/mol. The minimum absolute atomic E-state index is 0.212. The fourth-order valence-electron chi connectivity index (χ4n) is 2.21. The van der Waals surface area contributed by atoms with E-state index in [0.717, 1.165) is 0 Å². The Labute approximate surface area is 110 Å². The Morgan fingerprint density at radius 3 is 2.53 bits per heavy atom. The molecule has 0 unspecified atom stereocenters. The van der Waals surface area contributed by atoms with Crippen molar-refractivity contribution in [1.29, 1.82) is 5.26 Å². The highest BCUT2D eigenvalue weighted by atomic mass is 16.2. The molecule has 1 aliphatic rings. The second-order valence-electron chi connectivity index (χ2n) is 4.14. The lowest BCUT2D eigenvalue weighted by molar-refractivity contribution is -0.140. The van der Waals surface area contributed by atoms with Gasteiger partial charge in [0.25, 0.3) is 11.8 Å². The molecule has 2 amide bonds. The first kappa shape index (κ1) is 12.8. The molecule has 0 spiro atoms. The molecule has 0 bridgehead atoms. The van der Waals surface area contributed by atoms with E-state index in [-0.39, 0.29) is 12.4 Å². The van der Waals surface area contributed by atoms with Crippen LogP contribution in [0.25, 0.3) is 0 Å². The maximum Gasteiger partial charge on any atom is 0.269 e. The van der Waals surface area contributed by atoms with Crippen LogP contribution in [-0.2, 0) is 15.0 Å². The number of hydrogen-bond donors (Lipinski definition) is 1. The van der Waals surface area contributed by atoms with E-state index in [9.17, 15) is 9.59 Å². The summed E-state index contributed by atoms with van der Waals surface area (Å²) in [5.41, 5.74) is 4.50. The van der Waals surface area contributed by atoms with Crippen molar-refractivity contribution < 1.29 is 9.59 Å². The molecule has 0 saturated carbocycles. The molecule has 1 aromatic rings. The minimum Gasteiger partial charge on any atom is -0.368 e. The predicted molar refractivity (Wildman–Crippen MR) is 67.5 cm³/mol. The third kappa shape index (κ3) is 1.67. The van der Waals surface area contributed by atoms with Crippen LogP contribution in [0.4, 0.5) is 0 Å². The summed E-state index contributed by atoms with van der Waals surface area (Å²) >= 11 is 0. The summed E-state index contributed by atoms with van der Waals surface area (Å²) in [5.74, 6) is -1.66. The van der Waals surface area contributed by atoms with Crippen LogP contribution in [0.5, 0.6) is 0 Å². The maximum atomic E-state index is 12.5. The van der Waals surface area contributed by atoms with Gasteiger partial charge in [-0.2, -0.15) is 15.2 Å². The molecule has 19 heavy (non-hydrogen) atoms. The number of nitriles is 1. The van der Waals surface area contributed by atoms with Crippen LogP contribution in [0.1, 0.15) is 18.9 Å². The largest absolute Gasteiger partial charge is 0.368 e. The fraction of sp³-hybridized carbons (Fsp3) is 0.231. The van der Waals surface area contributed by atoms with Gasteiger partial charge in [-0.15, -0.1) is 0 Å². The van der Waals surface area contributed by atoms with Crippen LogP contribution in [-0.4, -0.2) is 22.7 Å². The van der Waals surface area contributed by atoms with Crippen molar-refractivity contribution in [3.63, 3.8) is 0 Å². The Bertz CT molecular complexity index is 603. The summed E-state index contributed by atoms with van der Waals surface area (Å²) < 4.78 is 0. The second kappa shape index (κ2) is 4.53. The van der Waals surface area contributed by atoms with E-state index in [1.54, 1.807) is 43.4 Å². The van der Waals surface area contributed by atoms with Crippen molar-refractivity contribution in [2.24, 2.45) is 10.7 Å². The molecule has 0 aliphatic carbocycles. The molecule has 1 heterocycles. The van der Waals surface area contributed by atoms with Gasteiger partial charge >= 0.3 is 0 Å². The standard InChI is InChI=1S/C13H12N4O2/c1-2-13(9-6-4-3-5-7-9)10(18)16-12(15)17(8-14)11(13)19/h3-7H,2H2,1H3,(H2,15,16,18)/t13-/m0/s1. The molecular formula is C13H12N4O2. The molecule has 2 rings (SSSR count). The Balaban J connectivity index is 2.67. The van der Waals surface area contributed by atoms with Gasteiger partial charge in [-0.1, -0.05) is 37.3 Å². The van der Waals surface area contributed by atoms with Gasteiger partial charge in [0, 0.05) is 0 Å². The zero-order chi connectivity index (χ0) is 14.0. The topological polar surface area (TPSA) is 99.6 Å². The minimum atomic E-state index is -1.46. The monoisotopic (exact) mass is 256 g/mol. The fourth-order valence-corrected chi connectivity index (χ4v) is 2.21. The summed E-state index contributed by atoms with van der Waals surface area (Å²) in [5, 5.41) is 8.98. The number of carbonyl (C=O) groups is 2. The van der Waals surface area contributed by atoms with Crippen LogP contribution in [0.15, 0.2) is 35.3 Å². The first-order valence-corrected chi connectivity index (χ1v) is 5.76. The molecule has 1 aromatic carbocycles. The van der Waals surface area contributed by atoms with Crippen LogP contribution in [0.2, 0.25) is 0 Å². The Morgan fingerprint density at radius 1 is 1.37 bits per heavy atom. The van der Waals surface area contributed by atoms with E-state index >= 15 is 0 Å². The molecule has 0 saturated heterocycles. The molecule has 1 aliphatic heterocycles. The third-order valence-electron chi connectivity index (χ3n) is 3.28. The van der Waals surface area contributed by atoms with Crippen molar-refractivity contribution in [2.45, 2.75) is 18.8 Å². The lowest BCUT2D eigenvalue weighted by Gasteiger charge is -2.34. The first-order valence-electron chi connectivity index (χ1n) is 5.76. The number of amides is 2. The average Bonchev–Trinajstić information content (AvgIpc) is 2.41. The molecule has 0 radical (unpaired) electrons. The molecule has 1 atom stereocenters. The number of nitrogens with two attached hydrogens (primary N) is 1. The van der Waals surface area contributed by atoms with Gasteiger partial charge in [0.15, 0.2) is 11.6 Å². The number of benzene rings is 1. The van der Waals surface area contributed by atoms with Gasteiger partial charge in [-0.25, -0.2) is 0 Å². The summed E-state index contributed by atoms with van der Waals surface area (Å²) in [6, 6.07) is 8.58. The lowest BCUT2D eigenvalue weighted by atomic mass is 9.75. The first-order chi connectivity index (χ1) is 9.07. The van der Waals surface area contributed by atoms with E-state index in [1.807, 2.05) is 0 Å². The maximum absolute atomic E-state index is 12.5. The zero-order valence-corrected chi connectivity index (χ0v) is 10.3. The van der Waals surface area contributed by atoms with Gasteiger partial charge in [0.05, 0.1) is 0 Å². The van der Waals surface area contributed by atoms with Crippen molar-refractivity contribution in [3.05, 3.63) is 35.9 Å². The van der Waals surface area contributed by atoms with E-state index in [2.05, 4.69) is 4.99 Å². The molecule has 0 aromatic heterocycles. The molecule has 2 N–H and O–H groups in total. The summed E-state index contributed by atoms with van der Waals surface area (Å²) in [7, 11) is 0. The molecule has 96 valence electrons. The van der Waals surface area contributed by atoms with Crippen molar-refractivity contribution in [2.75, 3.05) is 0 Å². The predicted octanol–water partition coefficient (Wildman–Crippen LogP) is 0.499. The van der Waals surface area contributed by atoms with Crippen LogP contribution in [0, 0.1) is 11.5 Å². The summed E-state index contributed by atoms with van der Waals surface area (Å²) in [4.78, 5) is 28.9. The van der Waals surface area contributed by atoms with Crippen LogP contribution in [0.3, 0.4) is 0 Å². The van der Waals surface area contributed by atoms with Crippen molar-refractivity contribution >= 4 is 17.8 Å².